The van der Waals surface area contributed by atoms with Gasteiger partial charge in [-0.15, -0.1) is 0 Å². The number of hydrogen-bond acceptors (Lipinski definition) is 10. The highest BCUT2D eigenvalue weighted by Gasteiger charge is 2.76. The maximum atomic E-state index is 13.0. The van der Waals surface area contributed by atoms with E-state index in [9.17, 15) is 34.8 Å². The standard InChI is InChI=1S/C28H38N4O8/c1-15-9-7-12-20(35)21(15)24(36)40-14-27(39)23(30-19-11-8-10-18(13-19)16(2)33)22(29)28(17(3)34,26(27,4)38)31-25(37)32(5)6/h7-13,17,22-23,30,34-35,38-39H,14,29H2,1-6H3,(H,31,37)/t17-,22-,23-,26-,27+,28-/m1/s1. The van der Waals surface area contributed by atoms with Gasteiger partial charge in [-0.1, -0.05) is 24.3 Å². The zero-order chi connectivity index (χ0) is 30.2. The molecule has 2 amide bonds. The number of amides is 2. The zero-order valence-corrected chi connectivity index (χ0v) is 23.4. The molecule has 8 N–H and O–H groups in total. The Bertz CT molecular complexity index is 1280. The molecule has 1 aliphatic carbocycles. The molecule has 6 atom stereocenters. The fourth-order valence-corrected chi connectivity index (χ4v) is 5.44. The lowest BCUT2D eigenvalue weighted by Crippen LogP contribution is -2.76. The Labute approximate surface area is 232 Å². The molecule has 1 saturated carbocycles. The number of ketones is 1. The van der Waals surface area contributed by atoms with Crippen LogP contribution in [0.3, 0.4) is 0 Å². The van der Waals surface area contributed by atoms with E-state index < -0.39 is 53.5 Å². The molecule has 3 rings (SSSR count). The van der Waals surface area contributed by atoms with Crippen LogP contribution in [0, 0.1) is 6.92 Å². The Morgan fingerprint density at radius 3 is 2.33 bits per heavy atom. The van der Waals surface area contributed by atoms with E-state index in [1.165, 1.54) is 51.9 Å². The maximum absolute atomic E-state index is 13.0. The number of carbonyl (C=O) groups is 3. The number of hydrogen-bond donors (Lipinski definition) is 7. The Morgan fingerprint density at radius 1 is 1.15 bits per heavy atom. The summed E-state index contributed by atoms with van der Waals surface area (Å²) in [7, 11) is 2.90. The van der Waals surface area contributed by atoms with Crippen molar-refractivity contribution in [3.8, 4) is 5.75 Å². The van der Waals surface area contributed by atoms with Crippen molar-refractivity contribution in [2.24, 2.45) is 5.73 Å². The summed E-state index contributed by atoms with van der Waals surface area (Å²) in [5.41, 5.74) is 0.728. The Balaban J connectivity index is 2.13. The lowest BCUT2D eigenvalue weighted by molar-refractivity contribution is -0.186. The lowest BCUT2D eigenvalue weighted by Gasteiger charge is -2.48. The van der Waals surface area contributed by atoms with Gasteiger partial charge in [0.25, 0.3) is 0 Å². The highest BCUT2D eigenvalue weighted by Crippen LogP contribution is 2.49. The van der Waals surface area contributed by atoms with Crippen molar-refractivity contribution in [1.82, 2.24) is 10.2 Å². The van der Waals surface area contributed by atoms with Crippen molar-refractivity contribution >= 4 is 23.5 Å². The number of aryl methyl sites for hydroxylation is 1. The van der Waals surface area contributed by atoms with Crippen LogP contribution in [0.15, 0.2) is 42.5 Å². The van der Waals surface area contributed by atoms with Crippen molar-refractivity contribution in [3.63, 3.8) is 0 Å². The summed E-state index contributed by atoms with van der Waals surface area (Å²) in [5, 5.41) is 51.1. The average Bonchev–Trinajstić information content (AvgIpc) is 2.99. The number of aliphatic hydroxyl groups is 3. The van der Waals surface area contributed by atoms with Crippen LogP contribution in [0.1, 0.15) is 47.1 Å². The average molecular weight is 559 g/mol. The van der Waals surface area contributed by atoms with E-state index in [1.807, 2.05) is 0 Å². The number of aliphatic hydroxyl groups excluding tert-OH is 1. The van der Waals surface area contributed by atoms with Crippen molar-refractivity contribution < 1.29 is 39.5 Å². The number of nitrogens with two attached hydrogens (primary N) is 1. The van der Waals surface area contributed by atoms with Gasteiger partial charge in [0.2, 0.25) is 0 Å². The van der Waals surface area contributed by atoms with Gasteiger partial charge in [-0.25, -0.2) is 9.59 Å². The summed E-state index contributed by atoms with van der Waals surface area (Å²) in [4.78, 5) is 39.0. The van der Waals surface area contributed by atoms with Crippen molar-refractivity contribution in [1.29, 1.82) is 0 Å². The number of aromatic hydroxyl groups is 1. The number of esters is 1. The number of phenolic OH excluding ortho intramolecular Hbond substituents is 1. The van der Waals surface area contributed by atoms with Crippen LogP contribution in [0.2, 0.25) is 0 Å². The van der Waals surface area contributed by atoms with E-state index in [1.54, 1.807) is 37.3 Å². The third-order valence-corrected chi connectivity index (χ3v) is 7.90. The Kier molecular flexibility index (Phi) is 8.51. The molecule has 1 aliphatic rings. The first-order valence-electron chi connectivity index (χ1n) is 12.7. The van der Waals surface area contributed by atoms with Gasteiger partial charge in [0.05, 0.1) is 18.2 Å². The maximum Gasteiger partial charge on any atom is 0.342 e. The van der Waals surface area contributed by atoms with Crippen LogP contribution in [-0.2, 0) is 4.74 Å². The van der Waals surface area contributed by atoms with E-state index in [0.717, 1.165) is 0 Å². The minimum Gasteiger partial charge on any atom is -0.507 e. The number of Topliss-reactive ketones (excluding diaryl/α,β-unsaturated/α-hetero) is 1. The number of rotatable bonds is 8. The molecule has 0 aliphatic heterocycles. The molecule has 12 heteroatoms. The van der Waals surface area contributed by atoms with Crippen LogP contribution in [0.4, 0.5) is 10.5 Å². The van der Waals surface area contributed by atoms with E-state index in [-0.39, 0.29) is 17.1 Å². The van der Waals surface area contributed by atoms with Gasteiger partial charge in [-0.05, 0) is 51.5 Å². The summed E-state index contributed by atoms with van der Waals surface area (Å²) in [6.45, 7) is 4.62. The molecule has 218 valence electrons. The quantitative estimate of drug-likeness (QED) is 0.179. The number of phenols is 1. The first-order valence-corrected chi connectivity index (χ1v) is 12.7. The van der Waals surface area contributed by atoms with Gasteiger partial charge < -0.3 is 46.4 Å². The van der Waals surface area contributed by atoms with Crippen LogP contribution >= 0.6 is 0 Å². The Hall–Kier alpha value is -3.71. The second-order valence-corrected chi connectivity index (χ2v) is 10.7. The highest BCUT2D eigenvalue weighted by atomic mass is 16.5. The molecule has 0 unspecified atom stereocenters. The van der Waals surface area contributed by atoms with Crippen molar-refractivity contribution in [3.05, 3.63) is 59.2 Å². The molecule has 0 aromatic heterocycles. The summed E-state index contributed by atoms with van der Waals surface area (Å²) in [5.74, 6) is -1.53. The highest BCUT2D eigenvalue weighted by molar-refractivity contribution is 5.95. The predicted molar refractivity (Wildman–Crippen MR) is 147 cm³/mol. The fourth-order valence-electron chi connectivity index (χ4n) is 5.44. The van der Waals surface area contributed by atoms with E-state index in [0.29, 0.717) is 16.8 Å². The van der Waals surface area contributed by atoms with Gasteiger partial charge in [0.15, 0.2) is 11.4 Å². The van der Waals surface area contributed by atoms with Gasteiger partial charge in [0.1, 0.15) is 29.1 Å². The smallest absolute Gasteiger partial charge is 0.342 e. The van der Waals surface area contributed by atoms with E-state index in [2.05, 4.69) is 10.6 Å². The number of ether oxygens (including phenoxy) is 1. The summed E-state index contributed by atoms with van der Waals surface area (Å²) >= 11 is 0. The minimum absolute atomic E-state index is 0.130. The van der Waals surface area contributed by atoms with Gasteiger partial charge >= 0.3 is 12.0 Å². The molecule has 0 heterocycles. The van der Waals surface area contributed by atoms with Gasteiger partial charge in [0, 0.05) is 25.3 Å². The predicted octanol–water partition coefficient (Wildman–Crippen LogP) is 0.755. The molecular formula is C28H38N4O8. The summed E-state index contributed by atoms with van der Waals surface area (Å²) in [6, 6.07) is 7.34. The Morgan fingerprint density at radius 2 is 1.77 bits per heavy atom. The van der Waals surface area contributed by atoms with Crippen molar-refractivity contribution in [2.75, 3.05) is 26.0 Å². The number of urea groups is 1. The molecule has 2 aromatic rings. The first-order chi connectivity index (χ1) is 18.5. The van der Waals surface area contributed by atoms with Gasteiger partial charge in [-0.2, -0.15) is 0 Å². The molecule has 0 spiro atoms. The first kappa shape index (κ1) is 30.8. The molecule has 12 nitrogen and oxygen atoms in total. The molecule has 0 saturated heterocycles. The summed E-state index contributed by atoms with van der Waals surface area (Å²) in [6.07, 6.45) is -1.51. The number of benzene rings is 2. The van der Waals surface area contributed by atoms with Gasteiger partial charge in [-0.3, -0.25) is 4.79 Å². The number of carbonyl (C=O) groups excluding carboxylic acids is 3. The SMILES string of the molecule is CC(=O)c1cccc(N[C@@H]2[C@@H](N)[C@](NC(=O)N(C)C)([C@@H](C)O)[C@](C)(O)[C@]2(O)COC(=O)c2c(C)cccc2O)c1. The molecule has 1 fully saturated rings. The number of nitrogens with one attached hydrogen (secondary N) is 2. The molecule has 40 heavy (non-hydrogen) atoms. The second-order valence-electron chi connectivity index (χ2n) is 10.7. The van der Waals surface area contributed by atoms with E-state index in [4.69, 9.17) is 10.5 Å². The fraction of sp³-hybridized carbons (Fsp3) is 0.464. The monoisotopic (exact) mass is 558 g/mol. The molecule has 0 radical (unpaired) electrons. The molecule has 2 aromatic carbocycles. The van der Waals surface area contributed by atoms with Crippen LogP contribution < -0.4 is 16.4 Å². The van der Waals surface area contributed by atoms with Crippen molar-refractivity contribution in [2.45, 2.75) is 62.6 Å². The third-order valence-electron chi connectivity index (χ3n) is 7.90. The van der Waals surface area contributed by atoms with Crippen LogP contribution in [-0.4, -0.2) is 98.7 Å². The lowest BCUT2D eigenvalue weighted by atomic mass is 9.73. The normalized spacial score (nSPS) is 28.4. The topological polar surface area (TPSA) is 195 Å². The van der Waals surface area contributed by atoms with Crippen LogP contribution in [0.5, 0.6) is 5.75 Å². The number of nitrogens with zero attached hydrogens (tertiary/aromatic N) is 1. The molecule has 0 bridgehead atoms. The van der Waals surface area contributed by atoms with E-state index >= 15 is 0 Å². The second kappa shape index (κ2) is 11.0. The minimum atomic E-state index is -2.43. The summed E-state index contributed by atoms with van der Waals surface area (Å²) < 4.78 is 5.45. The largest absolute Gasteiger partial charge is 0.507 e. The number of anilines is 1. The molecular weight excluding hydrogens is 520 g/mol. The third kappa shape index (κ3) is 4.99. The van der Waals surface area contributed by atoms with Crippen LogP contribution in [0.25, 0.3) is 0 Å². The zero-order valence-electron chi connectivity index (χ0n) is 23.4.